The molecule has 6 heteroatoms. The van der Waals surface area contributed by atoms with Crippen LogP contribution in [0.25, 0.3) is 6.08 Å². The number of rotatable bonds is 3. The Kier molecular flexibility index (Phi) is 4.19. The highest BCUT2D eigenvalue weighted by molar-refractivity contribution is 6.31. The van der Waals surface area contributed by atoms with Crippen LogP contribution < -0.4 is 15.2 Å². The number of hydrogen-bond donors (Lipinski definition) is 2. The summed E-state index contributed by atoms with van der Waals surface area (Å²) in [6, 6.07) is 10.1. The van der Waals surface area contributed by atoms with E-state index < -0.39 is 11.8 Å². The molecule has 0 unspecified atom stereocenters. The van der Waals surface area contributed by atoms with Crippen molar-refractivity contribution in [1.82, 2.24) is 5.43 Å². The van der Waals surface area contributed by atoms with Crippen molar-refractivity contribution >= 4 is 23.6 Å². The molecule has 0 saturated carbocycles. The zero-order chi connectivity index (χ0) is 18.1. The highest BCUT2D eigenvalue weighted by Gasteiger charge is 2.34. The second kappa shape index (κ2) is 6.32. The molecule has 2 aromatic carbocycles. The van der Waals surface area contributed by atoms with Crippen molar-refractivity contribution in [2.45, 2.75) is 13.8 Å². The van der Waals surface area contributed by atoms with Crippen LogP contribution in [0.2, 0.25) is 0 Å². The summed E-state index contributed by atoms with van der Waals surface area (Å²) in [5.74, 6) is -0.648. The minimum absolute atomic E-state index is 0.0105. The summed E-state index contributed by atoms with van der Waals surface area (Å²) in [6.07, 6.45) is 1.47. The number of carbonyl (C=O) groups excluding carboxylic acids is 2. The molecule has 0 bridgehead atoms. The third kappa shape index (κ3) is 3.06. The van der Waals surface area contributed by atoms with E-state index in [1.165, 1.54) is 24.3 Å². The molecule has 0 aromatic heterocycles. The van der Waals surface area contributed by atoms with Gasteiger partial charge in [0.05, 0.1) is 12.8 Å². The smallest absolute Gasteiger partial charge is 0.282 e. The number of benzene rings is 2. The zero-order valence-electron chi connectivity index (χ0n) is 14.2. The van der Waals surface area contributed by atoms with Crippen LogP contribution in [0.1, 0.15) is 16.7 Å². The number of ether oxygens (including phenoxy) is 1. The molecular formula is C19H18N2O4. The van der Waals surface area contributed by atoms with Crippen LogP contribution in [0, 0.1) is 13.8 Å². The standard InChI is InChI=1S/C19H18N2O4/c1-11-4-6-14(8-12(11)2)21-19(24)15(18(23)20-21)9-13-5-7-16(22)17(10-13)25-3/h4-10,22H,1-3H3,(H,20,23)/b15-9-. The summed E-state index contributed by atoms with van der Waals surface area (Å²) in [5.41, 5.74) is 5.91. The van der Waals surface area contributed by atoms with Crippen molar-refractivity contribution in [1.29, 1.82) is 0 Å². The van der Waals surface area contributed by atoms with E-state index >= 15 is 0 Å². The van der Waals surface area contributed by atoms with Gasteiger partial charge in [-0.15, -0.1) is 0 Å². The predicted molar refractivity (Wildman–Crippen MR) is 94.2 cm³/mol. The van der Waals surface area contributed by atoms with Crippen molar-refractivity contribution in [3.05, 3.63) is 58.7 Å². The van der Waals surface area contributed by atoms with Gasteiger partial charge in [0, 0.05) is 0 Å². The minimum atomic E-state index is -0.477. The fraction of sp³-hybridized carbons (Fsp3) is 0.158. The van der Waals surface area contributed by atoms with Gasteiger partial charge in [0.25, 0.3) is 11.8 Å². The van der Waals surface area contributed by atoms with Gasteiger partial charge in [-0.1, -0.05) is 12.1 Å². The lowest BCUT2D eigenvalue weighted by Gasteiger charge is -2.15. The first-order valence-electron chi connectivity index (χ1n) is 7.72. The van der Waals surface area contributed by atoms with Crippen molar-refractivity contribution in [2.75, 3.05) is 12.1 Å². The summed E-state index contributed by atoms with van der Waals surface area (Å²) in [5, 5.41) is 10.9. The topological polar surface area (TPSA) is 78.9 Å². The van der Waals surface area contributed by atoms with E-state index in [0.717, 1.165) is 11.1 Å². The van der Waals surface area contributed by atoms with Gasteiger partial charge in [0.15, 0.2) is 11.5 Å². The Morgan fingerprint density at radius 1 is 1.08 bits per heavy atom. The summed E-state index contributed by atoms with van der Waals surface area (Å²) in [4.78, 5) is 24.9. The SMILES string of the molecule is COc1cc(/C=C2/C(=O)NN(c3ccc(C)c(C)c3)C2=O)ccc1O. The van der Waals surface area contributed by atoms with Gasteiger partial charge >= 0.3 is 0 Å². The average molecular weight is 338 g/mol. The molecule has 0 radical (unpaired) electrons. The fourth-order valence-corrected chi connectivity index (χ4v) is 2.55. The molecule has 3 rings (SSSR count). The summed E-state index contributed by atoms with van der Waals surface area (Å²) < 4.78 is 5.04. The maximum atomic E-state index is 12.6. The molecule has 25 heavy (non-hydrogen) atoms. The summed E-state index contributed by atoms with van der Waals surface area (Å²) in [6.45, 7) is 3.92. The molecule has 0 aliphatic carbocycles. The number of carbonyl (C=O) groups is 2. The number of nitrogens with one attached hydrogen (secondary N) is 1. The maximum Gasteiger partial charge on any atom is 0.282 e. The van der Waals surface area contributed by atoms with Crippen LogP contribution in [0.3, 0.4) is 0 Å². The quantitative estimate of drug-likeness (QED) is 0.666. The Bertz CT molecular complexity index is 902. The lowest BCUT2D eigenvalue weighted by Crippen LogP contribution is -2.35. The van der Waals surface area contributed by atoms with Crippen LogP contribution in [0.4, 0.5) is 5.69 Å². The van der Waals surface area contributed by atoms with Gasteiger partial charge in [-0.25, -0.2) is 5.01 Å². The Hall–Kier alpha value is -3.28. The molecule has 1 heterocycles. The maximum absolute atomic E-state index is 12.6. The van der Waals surface area contributed by atoms with Crippen molar-refractivity contribution < 1.29 is 19.4 Å². The van der Waals surface area contributed by atoms with E-state index in [0.29, 0.717) is 11.3 Å². The molecule has 2 amide bonds. The monoisotopic (exact) mass is 338 g/mol. The molecule has 1 aliphatic rings. The second-order valence-electron chi connectivity index (χ2n) is 5.84. The number of phenolic OH excluding ortho intramolecular Hbond substituents is 1. The summed E-state index contributed by atoms with van der Waals surface area (Å²) >= 11 is 0. The van der Waals surface area contributed by atoms with Gasteiger partial charge in [0.1, 0.15) is 5.57 Å². The fourth-order valence-electron chi connectivity index (χ4n) is 2.55. The van der Waals surface area contributed by atoms with Gasteiger partial charge in [-0.05, 0) is 60.9 Å². The number of aromatic hydroxyl groups is 1. The molecule has 2 N–H and O–H groups in total. The number of amides is 2. The third-order valence-electron chi connectivity index (χ3n) is 4.15. The van der Waals surface area contributed by atoms with E-state index in [9.17, 15) is 14.7 Å². The van der Waals surface area contributed by atoms with Gasteiger partial charge in [-0.2, -0.15) is 0 Å². The summed E-state index contributed by atoms with van der Waals surface area (Å²) in [7, 11) is 1.43. The van der Waals surface area contributed by atoms with Crippen LogP contribution in [0.15, 0.2) is 42.0 Å². The Labute approximate surface area is 145 Å². The lowest BCUT2D eigenvalue weighted by molar-refractivity contribution is -0.117. The van der Waals surface area contributed by atoms with Crippen LogP contribution in [0.5, 0.6) is 11.5 Å². The molecule has 128 valence electrons. The first-order valence-corrected chi connectivity index (χ1v) is 7.72. The highest BCUT2D eigenvalue weighted by Crippen LogP contribution is 2.28. The van der Waals surface area contributed by atoms with Crippen LogP contribution >= 0.6 is 0 Å². The van der Waals surface area contributed by atoms with Crippen LogP contribution in [-0.2, 0) is 9.59 Å². The average Bonchev–Trinajstić information content (AvgIpc) is 2.87. The van der Waals surface area contributed by atoms with Gasteiger partial charge in [0.2, 0.25) is 0 Å². The Morgan fingerprint density at radius 3 is 2.52 bits per heavy atom. The van der Waals surface area contributed by atoms with E-state index in [4.69, 9.17) is 4.74 Å². The molecule has 6 nitrogen and oxygen atoms in total. The van der Waals surface area contributed by atoms with Gasteiger partial charge < -0.3 is 9.84 Å². The molecule has 2 aromatic rings. The van der Waals surface area contributed by atoms with E-state index in [1.54, 1.807) is 18.2 Å². The number of anilines is 1. The highest BCUT2D eigenvalue weighted by atomic mass is 16.5. The lowest BCUT2D eigenvalue weighted by atomic mass is 10.1. The number of aryl methyl sites for hydroxylation is 2. The largest absolute Gasteiger partial charge is 0.504 e. The normalized spacial score (nSPS) is 15.6. The Balaban J connectivity index is 1.94. The first kappa shape index (κ1) is 16.6. The van der Waals surface area contributed by atoms with E-state index in [-0.39, 0.29) is 17.1 Å². The molecule has 0 spiro atoms. The number of phenols is 1. The number of hydrazine groups is 1. The van der Waals surface area contributed by atoms with E-state index in [1.807, 2.05) is 26.0 Å². The number of nitrogens with zero attached hydrogens (tertiary/aromatic N) is 1. The van der Waals surface area contributed by atoms with Crippen molar-refractivity contribution in [2.24, 2.45) is 0 Å². The number of hydrogen-bond acceptors (Lipinski definition) is 4. The zero-order valence-corrected chi connectivity index (χ0v) is 14.2. The Morgan fingerprint density at radius 2 is 1.84 bits per heavy atom. The second-order valence-corrected chi connectivity index (χ2v) is 5.84. The predicted octanol–water partition coefficient (Wildman–Crippen LogP) is 2.48. The minimum Gasteiger partial charge on any atom is -0.504 e. The van der Waals surface area contributed by atoms with E-state index in [2.05, 4.69) is 5.43 Å². The van der Waals surface area contributed by atoms with Crippen molar-refractivity contribution in [3.63, 3.8) is 0 Å². The van der Waals surface area contributed by atoms with Crippen molar-refractivity contribution in [3.8, 4) is 11.5 Å². The molecule has 0 atom stereocenters. The third-order valence-corrected chi connectivity index (χ3v) is 4.15. The number of methoxy groups -OCH3 is 1. The van der Waals surface area contributed by atoms with Crippen LogP contribution in [-0.4, -0.2) is 24.0 Å². The molecular weight excluding hydrogens is 320 g/mol. The molecule has 1 aliphatic heterocycles. The molecule has 1 fully saturated rings. The first-order chi connectivity index (χ1) is 11.9. The molecule has 1 saturated heterocycles. The van der Waals surface area contributed by atoms with Gasteiger partial charge in [-0.3, -0.25) is 15.0 Å².